The van der Waals surface area contributed by atoms with Gasteiger partial charge in [-0.2, -0.15) is 0 Å². The molecule has 1 amide bonds. The van der Waals surface area contributed by atoms with Crippen molar-refractivity contribution in [1.82, 2.24) is 0 Å². The predicted molar refractivity (Wildman–Crippen MR) is 68.1 cm³/mol. The van der Waals surface area contributed by atoms with Gasteiger partial charge in [-0.15, -0.1) is 0 Å². The van der Waals surface area contributed by atoms with Gasteiger partial charge in [0.25, 0.3) is 0 Å². The summed E-state index contributed by atoms with van der Waals surface area (Å²) in [7, 11) is 0. The summed E-state index contributed by atoms with van der Waals surface area (Å²) in [5.74, 6) is -3.79. The molecule has 1 fully saturated rings. The van der Waals surface area contributed by atoms with Gasteiger partial charge in [-0.25, -0.2) is 8.78 Å². The van der Waals surface area contributed by atoms with Crippen molar-refractivity contribution in [3.8, 4) is 0 Å². The molecule has 1 aliphatic carbocycles. The molecule has 2 rings (SSSR count). The van der Waals surface area contributed by atoms with E-state index in [1.807, 2.05) is 0 Å². The lowest BCUT2D eigenvalue weighted by Crippen LogP contribution is -2.31. The minimum absolute atomic E-state index is 0.0462. The molecule has 1 aliphatic rings. The van der Waals surface area contributed by atoms with Crippen molar-refractivity contribution < 1.29 is 23.5 Å². The smallest absolute Gasteiger partial charge is 0.306 e. The fraction of sp³-hybridized carbons (Fsp3) is 0.429. The number of halogens is 2. The van der Waals surface area contributed by atoms with Crippen molar-refractivity contribution in [3.63, 3.8) is 0 Å². The molecule has 1 aromatic rings. The van der Waals surface area contributed by atoms with E-state index in [0.717, 1.165) is 18.2 Å². The lowest BCUT2D eigenvalue weighted by atomic mass is 9.81. The molecule has 0 aromatic heterocycles. The molecule has 0 saturated heterocycles. The van der Waals surface area contributed by atoms with Crippen LogP contribution in [0.3, 0.4) is 0 Å². The summed E-state index contributed by atoms with van der Waals surface area (Å²) in [5.41, 5.74) is 0.0462. The summed E-state index contributed by atoms with van der Waals surface area (Å²) in [6.45, 7) is 0. The summed E-state index contributed by atoms with van der Waals surface area (Å²) in [6, 6.07) is 2.77. The first-order valence-corrected chi connectivity index (χ1v) is 6.45. The van der Waals surface area contributed by atoms with Crippen molar-refractivity contribution in [3.05, 3.63) is 29.8 Å². The first-order chi connectivity index (χ1) is 9.45. The maximum absolute atomic E-state index is 13.0. The molecular weight excluding hydrogens is 268 g/mol. The Morgan fingerprint density at radius 3 is 2.30 bits per heavy atom. The number of benzene rings is 1. The highest BCUT2D eigenvalue weighted by Gasteiger charge is 2.31. The molecule has 0 radical (unpaired) electrons. The van der Waals surface area contributed by atoms with Gasteiger partial charge in [-0.05, 0) is 31.4 Å². The van der Waals surface area contributed by atoms with Crippen LogP contribution in [-0.4, -0.2) is 17.0 Å². The zero-order valence-corrected chi connectivity index (χ0v) is 10.7. The molecule has 1 aromatic carbocycles. The second kappa shape index (κ2) is 5.98. The van der Waals surface area contributed by atoms with Crippen LogP contribution in [0.5, 0.6) is 0 Å². The summed E-state index contributed by atoms with van der Waals surface area (Å²) in [6.07, 6.45) is 2.08. The molecule has 0 unspecified atom stereocenters. The van der Waals surface area contributed by atoms with Gasteiger partial charge >= 0.3 is 5.97 Å². The maximum Gasteiger partial charge on any atom is 0.306 e. The van der Waals surface area contributed by atoms with Crippen molar-refractivity contribution in [2.45, 2.75) is 25.7 Å². The van der Waals surface area contributed by atoms with E-state index in [1.54, 1.807) is 0 Å². The third-order valence-electron chi connectivity index (χ3n) is 3.52. The van der Waals surface area contributed by atoms with E-state index in [-0.39, 0.29) is 18.0 Å². The largest absolute Gasteiger partial charge is 0.481 e. The summed E-state index contributed by atoms with van der Waals surface area (Å²) >= 11 is 0. The van der Waals surface area contributed by atoms with Crippen LogP contribution in [-0.2, 0) is 9.59 Å². The van der Waals surface area contributed by atoms with Crippen LogP contribution in [0, 0.1) is 23.5 Å². The number of carbonyl (C=O) groups is 2. The minimum atomic E-state index is -0.903. The number of carbonyl (C=O) groups excluding carboxylic acids is 1. The van der Waals surface area contributed by atoms with Gasteiger partial charge in [0.2, 0.25) is 5.91 Å². The van der Waals surface area contributed by atoms with E-state index in [0.29, 0.717) is 19.3 Å². The molecule has 0 bridgehead atoms. The lowest BCUT2D eigenvalue weighted by molar-refractivity contribution is -0.143. The maximum atomic E-state index is 13.0. The fourth-order valence-electron chi connectivity index (χ4n) is 2.52. The van der Waals surface area contributed by atoms with Crippen LogP contribution >= 0.6 is 0 Å². The number of hydrogen-bond donors (Lipinski definition) is 2. The Kier molecular flexibility index (Phi) is 4.32. The number of carboxylic acid groups (broad SMARTS) is 1. The fourth-order valence-corrected chi connectivity index (χ4v) is 2.52. The molecule has 2 atom stereocenters. The quantitative estimate of drug-likeness (QED) is 0.896. The molecular formula is C14H15F2NO3. The normalized spacial score (nSPS) is 22.3. The third kappa shape index (κ3) is 3.53. The molecule has 0 spiro atoms. The zero-order valence-electron chi connectivity index (χ0n) is 10.7. The van der Waals surface area contributed by atoms with E-state index in [2.05, 4.69) is 5.32 Å². The van der Waals surface area contributed by atoms with Crippen LogP contribution in [0.15, 0.2) is 18.2 Å². The van der Waals surface area contributed by atoms with Crippen LogP contribution in [0.25, 0.3) is 0 Å². The Hall–Kier alpha value is -1.98. The van der Waals surface area contributed by atoms with E-state index in [4.69, 9.17) is 5.11 Å². The molecule has 2 N–H and O–H groups in total. The Morgan fingerprint density at radius 1 is 1.10 bits per heavy atom. The first kappa shape index (κ1) is 14.4. The van der Waals surface area contributed by atoms with Crippen LogP contribution in [0.4, 0.5) is 14.5 Å². The highest BCUT2D eigenvalue weighted by Crippen LogP contribution is 2.30. The van der Waals surface area contributed by atoms with Gasteiger partial charge in [0, 0.05) is 17.7 Å². The lowest BCUT2D eigenvalue weighted by Gasteiger charge is -2.25. The topological polar surface area (TPSA) is 66.4 Å². The number of nitrogens with one attached hydrogen (secondary N) is 1. The monoisotopic (exact) mass is 283 g/mol. The Balaban J connectivity index is 2.02. The van der Waals surface area contributed by atoms with Gasteiger partial charge in [-0.1, -0.05) is 6.42 Å². The average Bonchev–Trinajstić information content (AvgIpc) is 2.37. The molecule has 0 aliphatic heterocycles. The van der Waals surface area contributed by atoms with Gasteiger partial charge < -0.3 is 10.4 Å². The highest BCUT2D eigenvalue weighted by atomic mass is 19.1. The SMILES string of the molecule is O=C(O)[C@H]1CCC[C@@H](C(=O)Nc2cc(F)cc(F)c2)C1. The second-order valence-electron chi connectivity index (χ2n) is 5.05. The summed E-state index contributed by atoms with van der Waals surface area (Å²) in [5, 5.41) is 11.4. The van der Waals surface area contributed by atoms with Crippen molar-refractivity contribution in [2.75, 3.05) is 5.32 Å². The molecule has 4 nitrogen and oxygen atoms in total. The number of amides is 1. The van der Waals surface area contributed by atoms with Gasteiger partial charge in [0.05, 0.1) is 5.92 Å². The van der Waals surface area contributed by atoms with Crippen molar-refractivity contribution in [2.24, 2.45) is 11.8 Å². The molecule has 20 heavy (non-hydrogen) atoms. The molecule has 6 heteroatoms. The number of aliphatic carboxylic acids is 1. The van der Waals surface area contributed by atoms with Crippen LogP contribution < -0.4 is 5.32 Å². The molecule has 0 heterocycles. The van der Waals surface area contributed by atoms with E-state index < -0.39 is 29.4 Å². The second-order valence-corrected chi connectivity index (χ2v) is 5.05. The van der Waals surface area contributed by atoms with E-state index in [1.165, 1.54) is 0 Å². The third-order valence-corrected chi connectivity index (χ3v) is 3.52. The van der Waals surface area contributed by atoms with E-state index >= 15 is 0 Å². The molecule has 108 valence electrons. The van der Waals surface area contributed by atoms with E-state index in [9.17, 15) is 18.4 Å². The number of hydrogen-bond acceptors (Lipinski definition) is 2. The van der Waals surface area contributed by atoms with Crippen molar-refractivity contribution in [1.29, 1.82) is 0 Å². The molecule has 1 saturated carbocycles. The number of rotatable bonds is 3. The van der Waals surface area contributed by atoms with Gasteiger partial charge in [0.1, 0.15) is 11.6 Å². The van der Waals surface area contributed by atoms with Crippen LogP contribution in [0.2, 0.25) is 0 Å². The minimum Gasteiger partial charge on any atom is -0.481 e. The van der Waals surface area contributed by atoms with Crippen molar-refractivity contribution >= 4 is 17.6 Å². The van der Waals surface area contributed by atoms with Gasteiger partial charge in [0.15, 0.2) is 0 Å². The Bertz CT molecular complexity index is 513. The standard InChI is InChI=1S/C14H15F2NO3/c15-10-5-11(16)7-12(6-10)17-13(18)8-2-1-3-9(4-8)14(19)20/h5-9H,1-4H2,(H,17,18)(H,19,20)/t8-,9+/m1/s1. The zero-order chi connectivity index (χ0) is 14.7. The highest BCUT2D eigenvalue weighted by molar-refractivity contribution is 5.93. The van der Waals surface area contributed by atoms with Gasteiger partial charge in [-0.3, -0.25) is 9.59 Å². The average molecular weight is 283 g/mol. The van der Waals surface area contributed by atoms with Crippen LogP contribution in [0.1, 0.15) is 25.7 Å². The first-order valence-electron chi connectivity index (χ1n) is 6.45. The summed E-state index contributed by atoms with van der Waals surface area (Å²) in [4.78, 5) is 22.9. The Morgan fingerprint density at radius 2 is 1.70 bits per heavy atom. The number of carboxylic acids is 1. The predicted octanol–water partition coefficient (Wildman–Crippen LogP) is 2.79. The Labute approximate surface area is 114 Å². The number of anilines is 1. The summed E-state index contributed by atoms with van der Waals surface area (Å²) < 4.78 is 26.0.